The summed E-state index contributed by atoms with van der Waals surface area (Å²) in [7, 11) is 0. The summed E-state index contributed by atoms with van der Waals surface area (Å²) in [4.78, 5) is 0. The van der Waals surface area contributed by atoms with Crippen LogP contribution in [0, 0.1) is 11.6 Å². The van der Waals surface area contributed by atoms with Crippen molar-refractivity contribution >= 4 is 11.6 Å². The second kappa shape index (κ2) is 5.83. The summed E-state index contributed by atoms with van der Waals surface area (Å²) >= 11 is 5.51. The van der Waals surface area contributed by atoms with Gasteiger partial charge >= 0.3 is 0 Å². The fourth-order valence-electron chi connectivity index (χ4n) is 1.58. The molecule has 0 amide bonds. The highest BCUT2D eigenvalue weighted by Crippen LogP contribution is 2.23. The highest BCUT2D eigenvalue weighted by molar-refractivity contribution is 6.18. The van der Waals surface area contributed by atoms with E-state index in [1.807, 2.05) is 0 Å². The molecule has 2 rings (SSSR count). The van der Waals surface area contributed by atoms with E-state index in [1.165, 1.54) is 12.1 Å². The average Bonchev–Trinajstić information content (AvgIpc) is 2.40. The second-order valence-electron chi connectivity index (χ2n) is 3.69. The van der Waals surface area contributed by atoms with Gasteiger partial charge in [-0.1, -0.05) is 18.2 Å². The van der Waals surface area contributed by atoms with Crippen LogP contribution in [0.3, 0.4) is 0 Å². The molecule has 4 heteroatoms. The Morgan fingerprint density at radius 1 is 0.889 bits per heavy atom. The Hall–Kier alpha value is -1.61. The lowest BCUT2D eigenvalue weighted by Crippen LogP contribution is -1.97. The molecule has 0 aliphatic rings. The van der Waals surface area contributed by atoms with Gasteiger partial charge in [0.2, 0.25) is 0 Å². The summed E-state index contributed by atoms with van der Waals surface area (Å²) in [5.74, 6) is -0.581. The number of rotatable bonds is 4. The van der Waals surface area contributed by atoms with Gasteiger partial charge in [0, 0.05) is 0 Å². The first-order valence-corrected chi connectivity index (χ1v) is 5.98. The standard InChI is InChI=1S/C14H11ClF2O/c15-7-8-18-12-4-1-10(2-5-12)11-3-6-13(16)14(17)9-11/h1-6,9H,7-8H2. The van der Waals surface area contributed by atoms with Crippen molar-refractivity contribution in [3.05, 3.63) is 54.1 Å². The maximum atomic E-state index is 13.1. The fraction of sp³-hybridized carbons (Fsp3) is 0.143. The average molecular weight is 269 g/mol. The van der Waals surface area contributed by atoms with Crippen LogP contribution >= 0.6 is 11.6 Å². The number of hydrogen-bond acceptors (Lipinski definition) is 1. The quantitative estimate of drug-likeness (QED) is 0.753. The molecule has 18 heavy (non-hydrogen) atoms. The van der Waals surface area contributed by atoms with Crippen molar-refractivity contribution < 1.29 is 13.5 Å². The molecule has 94 valence electrons. The summed E-state index contributed by atoms with van der Waals surface area (Å²) in [5, 5.41) is 0. The number of alkyl halides is 1. The van der Waals surface area contributed by atoms with Crippen LogP contribution in [0.4, 0.5) is 8.78 Å². The highest BCUT2D eigenvalue weighted by Gasteiger charge is 2.04. The molecule has 0 saturated carbocycles. The van der Waals surface area contributed by atoms with Crippen LogP contribution in [0.1, 0.15) is 0 Å². The van der Waals surface area contributed by atoms with Crippen molar-refractivity contribution in [2.45, 2.75) is 0 Å². The van der Waals surface area contributed by atoms with E-state index in [2.05, 4.69) is 0 Å². The molecule has 0 atom stereocenters. The van der Waals surface area contributed by atoms with Crippen LogP contribution in [-0.2, 0) is 0 Å². The van der Waals surface area contributed by atoms with E-state index in [-0.39, 0.29) is 0 Å². The Morgan fingerprint density at radius 2 is 1.56 bits per heavy atom. The highest BCUT2D eigenvalue weighted by atomic mass is 35.5. The van der Waals surface area contributed by atoms with E-state index >= 15 is 0 Å². The number of hydrogen-bond donors (Lipinski definition) is 0. The van der Waals surface area contributed by atoms with Gasteiger partial charge in [-0.3, -0.25) is 0 Å². The van der Waals surface area contributed by atoms with E-state index in [1.54, 1.807) is 24.3 Å². The molecular weight excluding hydrogens is 258 g/mol. The van der Waals surface area contributed by atoms with Crippen LogP contribution in [-0.4, -0.2) is 12.5 Å². The number of halogens is 3. The molecule has 0 heterocycles. The second-order valence-corrected chi connectivity index (χ2v) is 4.07. The van der Waals surface area contributed by atoms with Gasteiger partial charge in [-0.15, -0.1) is 11.6 Å². The third kappa shape index (κ3) is 2.99. The minimum Gasteiger partial charge on any atom is -0.492 e. The molecule has 0 fully saturated rings. The molecule has 0 bridgehead atoms. The van der Waals surface area contributed by atoms with Gasteiger partial charge in [0.05, 0.1) is 5.88 Å². The van der Waals surface area contributed by atoms with Crippen molar-refractivity contribution in [2.75, 3.05) is 12.5 Å². The van der Waals surface area contributed by atoms with E-state index in [4.69, 9.17) is 16.3 Å². The fourth-order valence-corrected chi connectivity index (χ4v) is 1.65. The van der Waals surface area contributed by atoms with Crippen LogP contribution in [0.2, 0.25) is 0 Å². The van der Waals surface area contributed by atoms with Crippen molar-refractivity contribution in [1.29, 1.82) is 0 Å². The normalized spacial score (nSPS) is 10.4. The summed E-state index contributed by atoms with van der Waals surface area (Å²) < 4.78 is 31.2. The Morgan fingerprint density at radius 3 is 2.17 bits per heavy atom. The third-order valence-electron chi connectivity index (χ3n) is 2.45. The topological polar surface area (TPSA) is 9.23 Å². The zero-order chi connectivity index (χ0) is 13.0. The smallest absolute Gasteiger partial charge is 0.159 e. The van der Waals surface area contributed by atoms with Crippen LogP contribution in [0.5, 0.6) is 5.75 Å². The van der Waals surface area contributed by atoms with Gasteiger partial charge in [0.1, 0.15) is 12.4 Å². The molecule has 0 spiro atoms. The number of ether oxygens (including phenoxy) is 1. The van der Waals surface area contributed by atoms with E-state index in [0.29, 0.717) is 23.8 Å². The molecular formula is C14H11ClF2O. The monoisotopic (exact) mass is 268 g/mol. The SMILES string of the molecule is Fc1ccc(-c2ccc(OCCCl)cc2)cc1F. The van der Waals surface area contributed by atoms with Crippen molar-refractivity contribution in [1.82, 2.24) is 0 Å². The molecule has 0 unspecified atom stereocenters. The largest absolute Gasteiger partial charge is 0.492 e. The van der Waals surface area contributed by atoms with E-state index in [0.717, 1.165) is 11.6 Å². The maximum absolute atomic E-state index is 13.1. The minimum atomic E-state index is -0.852. The Labute approximate surface area is 109 Å². The minimum absolute atomic E-state index is 0.422. The first-order valence-electron chi connectivity index (χ1n) is 5.45. The van der Waals surface area contributed by atoms with Crippen molar-refractivity contribution in [3.63, 3.8) is 0 Å². The van der Waals surface area contributed by atoms with Gasteiger partial charge in [-0.05, 0) is 35.4 Å². The van der Waals surface area contributed by atoms with Gasteiger partial charge in [-0.2, -0.15) is 0 Å². The molecule has 2 aromatic rings. The first kappa shape index (κ1) is 12.8. The van der Waals surface area contributed by atoms with E-state index in [9.17, 15) is 8.78 Å². The Kier molecular flexibility index (Phi) is 4.15. The van der Waals surface area contributed by atoms with E-state index < -0.39 is 11.6 Å². The first-order chi connectivity index (χ1) is 8.70. The zero-order valence-corrected chi connectivity index (χ0v) is 10.3. The summed E-state index contributed by atoms with van der Waals surface area (Å²) in [6.07, 6.45) is 0. The third-order valence-corrected chi connectivity index (χ3v) is 2.61. The zero-order valence-electron chi connectivity index (χ0n) is 9.50. The van der Waals surface area contributed by atoms with Gasteiger partial charge < -0.3 is 4.74 Å². The lowest BCUT2D eigenvalue weighted by atomic mass is 10.1. The van der Waals surface area contributed by atoms with Crippen LogP contribution in [0.25, 0.3) is 11.1 Å². The van der Waals surface area contributed by atoms with Crippen molar-refractivity contribution in [3.8, 4) is 16.9 Å². The van der Waals surface area contributed by atoms with Crippen LogP contribution in [0.15, 0.2) is 42.5 Å². The molecule has 1 nitrogen and oxygen atoms in total. The van der Waals surface area contributed by atoms with Gasteiger partial charge in [0.25, 0.3) is 0 Å². The molecule has 2 aromatic carbocycles. The summed E-state index contributed by atoms with van der Waals surface area (Å²) in [5.41, 5.74) is 1.42. The summed E-state index contributed by atoms with van der Waals surface area (Å²) in [6, 6.07) is 10.9. The predicted octanol–water partition coefficient (Wildman–Crippen LogP) is 4.25. The van der Waals surface area contributed by atoms with Gasteiger partial charge in [-0.25, -0.2) is 8.78 Å². The molecule has 0 radical (unpaired) electrons. The molecule has 0 aliphatic carbocycles. The molecule has 0 N–H and O–H groups in total. The molecule has 0 saturated heterocycles. The Bertz CT molecular complexity index is 526. The van der Waals surface area contributed by atoms with Crippen molar-refractivity contribution in [2.24, 2.45) is 0 Å². The van der Waals surface area contributed by atoms with Crippen LogP contribution < -0.4 is 4.74 Å². The predicted molar refractivity (Wildman–Crippen MR) is 68.0 cm³/mol. The lowest BCUT2D eigenvalue weighted by molar-refractivity contribution is 0.343. The lowest BCUT2D eigenvalue weighted by Gasteiger charge is -2.06. The number of benzene rings is 2. The molecule has 0 aromatic heterocycles. The maximum Gasteiger partial charge on any atom is 0.159 e. The Balaban J connectivity index is 2.20. The summed E-state index contributed by atoms with van der Waals surface area (Å²) in [6.45, 7) is 0.437. The van der Waals surface area contributed by atoms with Gasteiger partial charge in [0.15, 0.2) is 11.6 Å². The molecule has 0 aliphatic heterocycles.